The lowest BCUT2D eigenvalue weighted by molar-refractivity contribution is 0.109. The van der Waals surface area contributed by atoms with Gasteiger partial charge in [0.25, 0.3) is 0 Å². The largest absolute Gasteiger partial charge is 0.357 e. The molecule has 3 aliphatic heterocycles. The number of hydrogen-bond donors (Lipinski definition) is 2. The summed E-state index contributed by atoms with van der Waals surface area (Å²) in [5.74, 6) is 2.69. The van der Waals surface area contributed by atoms with Crippen molar-refractivity contribution in [3.8, 4) is 0 Å². The van der Waals surface area contributed by atoms with E-state index in [0.717, 1.165) is 27.3 Å². The molecule has 2 aliphatic carbocycles. The average molecular weight is 553 g/mol. The second-order valence-electron chi connectivity index (χ2n) is 11.0. The molecule has 0 bridgehead atoms. The lowest BCUT2D eigenvalue weighted by atomic mass is 9.59. The van der Waals surface area contributed by atoms with Gasteiger partial charge in [-0.15, -0.1) is 0 Å². The van der Waals surface area contributed by atoms with Gasteiger partial charge in [-0.05, 0) is 41.8 Å². The maximum atomic E-state index is 4.92. The molecule has 0 saturated carbocycles. The van der Waals surface area contributed by atoms with Gasteiger partial charge in [0.1, 0.15) is 11.7 Å². The van der Waals surface area contributed by atoms with Crippen molar-refractivity contribution in [1.82, 2.24) is 10.6 Å². The van der Waals surface area contributed by atoms with Crippen molar-refractivity contribution in [2.75, 3.05) is 4.90 Å². The third-order valence-corrected chi connectivity index (χ3v) is 9.06. The Morgan fingerprint density at radius 3 is 1.65 bits per heavy atom. The summed E-state index contributed by atoms with van der Waals surface area (Å²) in [6.45, 7) is 4.85. The van der Waals surface area contributed by atoms with Crippen LogP contribution in [0.3, 0.4) is 0 Å². The quantitative estimate of drug-likeness (QED) is 0.524. The third kappa shape index (κ3) is 3.72. The predicted molar refractivity (Wildman–Crippen MR) is 155 cm³/mol. The first-order valence-electron chi connectivity index (χ1n) is 13.0. The van der Waals surface area contributed by atoms with Gasteiger partial charge in [-0.1, -0.05) is 90.5 Å². The van der Waals surface area contributed by atoms with E-state index in [9.17, 15) is 0 Å². The molecule has 5 aliphatic rings. The van der Waals surface area contributed by atoms with Crippen LogP contribution in [0, 0.1) is 17.3 Å². The molecule has 2 aromatic rings. The topological polar surface area (TPSA) is 52.0 Å². The number of rotatable bonds is 3. The molecule has 0 aromatic heterocycles. The van der Waals surface area contributed by atoms with Crippen LogP contribution in [0.4, 0.5) is 5.69 Å². The number of piperidine rings is 1. The number of nitrogens with zero attached hydrogens (tertiary/aromatic N) is 3. The van der Waals surface area contributed by atoms with Crippen LogP contribution < -0.4 is 15.5 Å². The summed E-state index contributed by atoms with van der Waals surface area (Å²) >= 11 is 3.50. The van der Waals surface area contributed by atoms with Crippen molar-refractivity contribution in [3.05, 3.63) is 113 Å². The molecule has 6 unspecified atom stereocenters. The summed E-state index contributed by atoms with van der Waals surface area (Å²) in [7, 11) is 0. The smallest absolute Gasteiger partial charge is 0.163 e. The Kier molecular flexibility index (Phi) is 5.29. The van der Waals surface area contributed by atoms with Crippen LogP contribution in [-0.4, -0.2) is 36.1 Å². The maximum absolute atomic E-state index is 4.92. The van der Waals surface area contributed by atoms with Crippen LogP contribution in [0.15, 0.2) is 112 Å². The predicted octanol–water partition coefficient (Wildman–Crippen LogP) is 5.57. The van der Waals surface area contributed by atoms with Crippen LogP contribution in [0.1, 0.15) is 25.0 Å². The zero-order chi connectivity index (χ0) is 25.1. The molecule has 3 heterocycles. The maximum Gasteiger partial charge on any atom is 0.163 e. The number of benzene rings is 2. The van der Waals surface area contributed by atoms with Crippen LogP contribution in [-0.2, 0) is 0 Å². The average Bonchev–Trinajstić information content (AvgIpc) is 3.50. The van der Waals surface area contributed by atoms with Crippen molar-refractivity contribution in [2.24, 2.45) is 27.2 Å². The van der Waals surface area contributed by atoms with Gasteiger partial charge in [0.2, 0.25) is 0 Å². The van der Waals surface area contributed by atoms with Gasteiger partial charge in [-0.2, -0.15) is 0 Å². The number of fused-ring (bicyclic) bond motifs is 3. The van der Waals surface area contributed by atoms with Gasteiger partial charge >= 0.3 is 0 Å². The number of halogens is 1. The molecule has 186 valence electrons. The van der Waals surface area contributed by atoms with Crippen molar-refractivity contribution in [2.45, 2.75) is 38.3 Å². The molecule has 7 rings (SSSR count). The molecule has 0 spiro atoms. The van der Waals surface area contributed by atoms with Gasteiger partial charge in [-0.25, -0.2) is 9.98 Å². The molecule has 2 aromatic carbocycles. The van der Waals surface area contributed by atoms with Crippen LogP contribution in [0.2, 0.25) is 0 Å². The van der Waals surface area contributed by atoms with Crippen LogP contribution in [0.25, 0.3) is 0 Å². The number of amidine groups is 2. The van der Waals surface area contributed by atoms with E-state index in [4.69, 9.17) is 9.98 Å². The summed E-state index contributed by atoms with van der Waals surface area (Å²) in [5.41, 5.74) is 3.58. The van der Waals surface area contributed by atoms with E-state index in [2.05, 4.69) is 130 Å². The first-order valence-corrected chi connectivity index (χ1v) is 13.8. The number of aliphatic imine (C=N–C) groups is 2. The fourth-order valence-corrected chi connectivity index (χ4v) is 6.84. The first-order chi connectivity index (χ1) is 18.0. The minimum Gasteiger partial charge on any atom is -0.357 e. The van der Waals surface area contributed by atoms with Crippen molar-refractivity contribution in [3.63, 3.8) is 0 Å². The van der Waals surface area contributed by atoms with E-state index >= 15 is 0 Å². The Hall–Kier alpha value is -3.38. The molecular formula is C31H30BrN5. The molecule has 37 heavy (non-hydrogen) atoms. The number of anilines is 1. The molecule has 2 N–H and O–H groups in total. The third-order valence-electron chi connectivity index (χ3n) is 8.53. The highest BCUT2D eigenvalue weighted by atomic mass is 79.9. The Balaban J connectivity index is 1.13. The van der Waals surface area contributed by atoms with Gasteiger partial charge in [0.15, 0.2) is 12.3 Å². The van der Waals surface area contributed by atoms with E-state index in [-0.39, 0.29) is 17.7 Å². The lowest BCUT2D eigenvalue weighted by Crippen LogP contribution is -2.61. The summed E-state index contributed by atoms with van der Waals surface area (Å²) in [4.78, 5) is 12.4. The Morgan fingerprint density at radius 1 is 0.676 bits per heavy atom. The van der Waals surface area contributed by atoms with E-state index in [1.165, 1.54) is 5.69 Å². The molecule has 6 heteroatoms. The van der Waals surface area contributed by atoms with Crippen LogP contribution >= 0.6 is 15.9 Å². The molecule has 1 fully saturated rings. The van der Waals surface area contributed by atoms with E-state index in [0.29, 0.717) is 23.9 Å². The first kappa shape index (κ1) is 22.8. The van der Waals surface area contributed by atoms with Gasteiger partial charge in [0, 0.05) is 33.1 Å². The monoisotopic (exact) mass is 551 g/mol. The highest BCUT2D eigenvalue weighted by molar-refractivity contribution is 9.10. The summed E-state index contributed by atoms with van der Waals surface area (Å²) in [5, 5.41) is 6.99. The number of hydrogen-bond acceptors (Lipinski definition) is 5. The normalized spacial score (nSPS) is 32.1. The highest BCUT2D eigenvalue weighted by Crippen LogP contribution is 2.51. The van der Waals surface area contributed by atoms with Gasteiger partial charge in [0.05, 0.1) is 12.1 Å². The molecule has 1 saturated heterocycles. The van der Waals surface area contributed by atoms with E-state index < -0.39 is 0 Å². The second-order valence-corrected chi connectivity index (χ2v) is 11.9. The zero-order valence-electron chi connectivity index (χ0n) is 20.9. The Morgan fingerprint density at radius 2 is 1.14 bits per heavy atom. The minimum atomic E-state index is -0.0857. The van der Waals surface area contributed by atoms with Crippen LogP contribution in [0.5, 0.6) is 0 Å². The lowest BCUT2D eigenvalue weighted by Gasteiger charge is -2.58. The second kappa shape index (κ2) is 8.59. The van der Waals surface area contributed by atoms with E-state index in [1.807, 2.05) is 12.1 Å². The fourth-order valence-electron chi connectivity index (χ4n) is 6.58. The summed E-state index contributed by atoms with van der Waals surface area (Å²) in [6, 6.07) is 17.7. The SMILES string of the molecule is CC1(C)C2C=CC=CC2N(c2ccc(C3=NC4NC(c5ccc(Br)cc5)=NC4N3)cc2)C2C=CC=CC21. The highest BCUT2D eigenvalue weighted by Gasteiger charge is 2.51. The molecule has 0 amide bonds. The standard InChI is InChI=1S/C31H30BrN5/c1-31(2)23-7-3-5-9-25(23)37(26-10-6-4-8-24(26)31)22-17-13-20(14-18-22)28-35-29-30(36-28)34-27(33-29)19-11-15-21(32)16-12-19/h3-18,23-26,29-30H,1-2H3,(H,33,34)(H,35,36). The number of nitrogens with one attached hydrogen (secondary N) is 2. The van der Waals surface area contributed by atoms with E-state index in [1.54, 1.807) is 0 Å². The Bertz CT molecular complexity index is 1360. The number of allylic oxidation sites excluding steroid dienone is 4. The molecule has 6 atom stereocenters. The van der Waals surface area contributed by atoms with Gasteiger partial charge < -0.3 is 15.5 Å². The minimum absolute atomic E-state index is 0.0857. The molecule has 5 nitrogen and oxygen atoms in total. The summed E-state index contributed by atoms with van der Waals surface area (Å²) < 4.78 is 1.06. The Labute approximate surface area is 226 Å². The summed E-state index contributed by atoms with van der Waals surface area (Å²) in [6.07, 6.45) is 18.2. The van der Waals surface area contributed by atoms with Crippen molar-refractivity contribution >= 4 is 33.3 Å². The van der Waals surface area contributed by atoms with Gasteiger partial charge in [-0.3, -0.25) is 0 Å². The molecule has 0 radical (unpaired) electrons. The zero-order valence-corrected chi connectivity index (χ0v) is 22.5. The fraction of sp³-hybridized carbons (Fsp3) is 0.290. The van der Waals surface area contributed by atoms with Crippen molar-refractivity contribution in [1.29, 1.82) is 0 Å². The van der Waals surface area contributed by atoms with Crippen molar-refractivity contribution < 1.29 is 0 Å². The molecular weight excluding hydrogens is 522 g/mol.